The van der Waals surface area contributed by atoms with Gasteiger partial charge in [0, 0.05) is 6.54 Å². The van der Waals surface area contributed by atoms with E-state index >= 15 is 0 Å². The van der Waals surface area contributed by atoms with Gasteiger partial charge in [-0.1, -0.05) is 26.7 Å². The molecule has 2 aromatic carbocycles. The second-order valence-corrected chi connectivity index (χ2v) is 20.6. The van der Waals surface area contributed by atoms with E-state index in [2.05, 4.69) is 10.6 Å². The van der Waals surface area contributed by atoms with Gasteiger partial charge in [-0.15, -0.1) is 0 Å². The van der Waals surface area contributed by atoms with Crippen LogP contribution in [0.25, 0.3) is 0 Å². The van der Waals surface area contributed by atoms with Crippen LogP contribution in [0.1, 0.15) is 108 Å². The monoisotopic (exact) mass is 853 g/mol. The van der Waals surface area contributed by atoms with Crippen LogP contribution in [0.5, 0.6) is 11.5 Å². The smallest absolute Gasteiger partial charge is 0.324 e. The Morgan fingerprint density at radius 1 is 0.776 bits per heavy atom. The summed E-state index contributed by atoms with van der Waals surface area (Å²) in [6.45, 7) is 7.77. The topological polar surface area (TPSA) is 165 Å². The largest absolute Gasteiger partial charge is 0.493 e. The zero-order chi connectivity index (χ0) is 42.3. The fourth-order valence-electron chi connectivity index (χ4n) is 6.56. The second kappa shape index (κ2) is 22.7. The van der Waals surface area contributed by atoms with Crippen LogP contribution >= 0.6 is 0 Å². The van der Waals surface area contributed by atoms with Gasteiger partial charge in [0.15, 0.2) is 19.7 Å². The summed E-state index contributed by atoms with van der Waals surface area (Å²) in [4.78, 5) is 34.8. The molecule has 0 spiro atoms. The molecule has 58 heavy (non-hydrogen) atoms. The van der Waals surface area contributed by atoms with Crippen molar-refractivity contribution in [3.05, 3.63) is 59.2 Å². The molecule has 3 aliphatic rings. The molecule has 2 aromatic rings. The lowest BCUT2D eigenvalue weighted by Gasteiger charge is -2.15. The van der Waals surface area contributed by atoms with Crippen molar-refractivity contribution >= 4 is 37.4 Å². The third-order valence-electron chi connectivity index (χ3n) is 10.3. The summed E-state index contributed by atoms with van der Waals surface area (Å²) >= 11 is 0. The lowest BCUT2D eigenvalue weighted by molar-refractivity contribution is -0.118. The molecule has 12 nitrogen and oxygen atoms in total. The lowest BCUT2D eigenvalue weighted by atomic mass is 10.0. The number of hydrogen-bond donors (Lipinski definition) is 2. The Morgan fingerprint density at radius 2 is 1.26 bits per heavy atom. The number of unbranched alkanes of at least 4 members (excludes halogenated alkanes) is 4. The maximum atomic E-state index is 14.3. The molecule has 2 N–H and O–H groups in total. The summed E-state index contributed by atoms with van der Waals surface area (Å²) in [6, 6.07) is 8.72. The number of carbonyl (C=O) groups is 3. The quantitative estimate of drug-likeness (QED) is 0.0807. The molecule has 324 valence electrons. The van der Waals surface area contributed by atoms with Crippen LogP contribution in [0, 0.1) is 23.5 Å². The SMILES string of the molecule is CC(=O)CNCCCCCS(=O)(=O)C[C@@H](C)c1cc(OCC2CC2)ccc1F.C[C@H](CS(=O)(=O)CCCCCN1CC(=O)NC1=O)c1cc(OCC2CC2)ccc1F. The van der Waals surface area contributed by atoms with Crippen LogP contribution in [-0.4, -0.2) is 102 Å². The third kappa shape index (κ3) is 17.7. The highest BCUT2D eigenvalue weighted by atomic mass is 32.2. The van der Waals surface area contributed by atoms with Gasteiger partial charge in [-0.25, -0.2) is 30.4 Å². The zero-order valence-electron chi connectivity index (χ0n) is 34.1. The van der Waals surface area contributed by atoms with E-state index in [1.165, 1.54) is 36.8 Å². The molecule has 1 saturated heterocycles. The van der Waals surface area contributed by atoms with Gasteiger partial charge in [0.05, 0.1) is 42.8 Å². The van der Waals surface area contributed by atoms with Crippen molar-refractivity contribution in [1.29, 1.82) is 0 Å². The molecule has 3 fully saturated rings. The van der Waals surface area contributed by atoms with E-state index in [0.717, 1.165) is 25.7 Å². The van der Waals surface area contributed by atoms with E-state index in [-0.39, 0.29) is 41.2 Å². The zero-order valence-corrected chi connectivity index (χ0v) is 35.7. The first-order chi connectivity index (χ1) is 27.5. The van der Waals surface area contributed by atoms with Gasteiger partial charge < -0.3 is 19.7 Å². The molecule has 0 bridgehead atoms. The van der Waals surface area contributed by atoms with E-state index in [0.29, 0.717) is 93.0 Å². The highest BCUT2D eigenvalue weighted by Crippen LogP contribution is 2.32. The first-order valence-corrected chi connectivity index (χ1v) is 24.2. The molecule has 2 aliphatic carbocycles. The molecule has 2 saturated carbocycles. The van der Waals surface area contributed by atoms with E-state index < -0.39 is 49.2 Å². The summed E-state index contributed by atoms with van der Waals surface area (Å²) in [5.41, 5.74) is 0.752. The van der Waals surface area contributed by atoms with Gasteiger partial charge >= 0.3 is 6.03 Å². The minimum atomic E-state index is -3.35. The summed E-state index contributed by atoms with van der Waals surface area (Å²) in [7, 11) is -6.61. The van der Waals surface area contributed by atoms with Crippen LogP contribution in [0.3, 0.4) is 0 Å². The minimum Gasteiger partial charge on any atom is -0.493 e. The van der Waals surface area contributed by atoms with Crippen molar-refractivity contribution < 1.29 is 49.5 Å². The van der Waals surface area contributed by atoms with Crippen LogP contribution < -0.4 is 20.1 Å². The Labute approximate surface area is 343 Å². The molecule has 0 radical (unpaired) electrons. The summed E-state index contributed by atoms with van der Waals surface area (Å²) in [5, 5.41) is 5.22. The number of imide groups is 1. The lowest BCUT2D eigenvalue weighted by Crippen LogP contribution is -2.29. The number of hydrogen-bond acceptors (Lipinski definition) is 10. The molecule has 1 aliphatic heterocycles. The van der Waals surface area contributed by atoms with Gasteiger partial charge in [-0.3, -0.25) is 14.9 Å². The Hall–Kier alpha value is -3.63. The Morgan fingerprint density at radius 3 is 1.69 bits per heavy atom. The van der Waals surface area contributed by atoms with Crippen LogP contribution in [0.15, 0.2) is 36.4 Å². The summed E-state index contributed by atoms with van der Waals surface area (Å²) < 4.78 is 89.6. The summed E-state index contributed by atoms with van der Waals surface area (Å²) in [5.74, 6) is 0.344. The molecule has 16 heteroatoms. The van der Waals surface area contributed by atoms with Crippen molar-refractivity contribution in [2.45, 2.75) is 96.8 Å². The molecule has 3 amide bonds. The van der Waals surface area contributed by atoms with Gasteiger partial charge in [-0.2, -0.15) is 0 Å². The second-order valence-electron chi connectivity index (χ2n) is 16.2. The third-order valence-corrected chi connectivity index (χ3v) is 14.1. The minimum absolute atomic E-state index is 0.0158. The van der Waals surface area contributed by atoms with Gasteiger partial charge in [0.1, 0.15) is 35.5 Å². The maximum absolute atomic E-state index is 14.3. The predicted molar refractivity (Wildman–Crippen MR) is 220 cm³/mol. The molecule has 0 aromatic heterocycles. The number of halogens is 2. The Balaban J connectivity index is 0.000000257. The molecule has 0 unspecified atom stereocenters. The standard InChI is InChI=1S/C21H29FN2O5S.C21H32FNO4S/c1-15(18-11-17(7-8-19(18)22)29-13-16-5-6-16)14-30(27,28)10-4-2-3-9-24-12-20(25)23-21(24)26;1-16(15-28(25,26)11-5-3-4-10-23-13-17(2)24)20-12-19(8-9-21(20)22)27-14-18-6-7-18/h7-8,11,15-16H,2-6,9-10,12-14H2,1H3,(H,23,25,26);8-9,12,16,18,23H,3-7,10-11,13-15H2,1-2H3/t15-;16-/m11/s1. The van der Waals surface area contributed by atoms with E-state index in [4.69, 9.17) is 9.47 Å². The normalized spacial score (nSPS) is 16.7. The number of ether oxygens (including phenoxy) is 2. The van der Waals surface area contributed by atoms with E-state index in [1.54, 1.807) is 38.1 Å². The van der Waals surface area contributed by atoms with E-state index in [1.807, 2.05) is 0 Å². The fraction of sp³-hybridized carbons (Fsp3) is 0.643. The van der Waals surface area contributed by atoms with Gasteiger partial charge in [0.25, 0.3) is 0 Å². The van der Waals surface area contributed by atoms with Crippen LogP contribution in [-0.2, 0) is 29.3 Å². The number of ketones is 1. The number of nitrogens with zero attached hydrogens (tertiary/aromatic N) is 1. The highest BCUT2D eigenvalue weighted by molar-refractivity contribution is 7.91. The van der Waals surface area contributed by atoms with Crippen LogP contribution in [0.2, 0.25) is 0 Å². The van der Waals surface area contributed by atoms with Crippen molar-refractivity contribution in [2.75, 3.05) is 62.4 Å². The maximum Gasteiger partial charge on any atom is 0.324 e. The molecule has 5 rings (SSSR count). The molecular weight excluding hydrogens is 793 g/mol. The van der Waals surface area contributed by atoms with E-state index in [9.17, 15) is 40.0 Å². The van der Waals surface area contributed by atoms with Gasteiger partial charge in [-0.05, 0) is 136 Å². The number of urea groups is 1. The van der Waals surface area contributed by atoms with Crippen molar-refractivity contribution in [2.24, 2.45) is 11.8 Å². The Kier molecular flexibility index (Phi) is 18.4. The molecular formula is C42H61F2N3O9S2. The van der Waals surface area contributed by atoms with Crippen molar-refractivity contribution in [3.8, 4) is 11.5 Å². The fourth-order valence-corrected chi connectivity index (χ4v) is 10.1. The number of rotatable bonds is 26. The molecule has 1 heterocycles. The van der Waals surface area contributed by atoms with Gasteiger partial charge in [0.2, 0.25) is 5.91 Å². The number of benzene rings is 2. The number of nitrogens with one attached hydrogen (secondary N) is 2. The first kappa shape index (κ1) is 47.1. The number of amides is 3. The number of Topliss-reactive ketones (excluding diaryl/α,β-unsaturated/α-hetero) is 1. The average molecular weight is 854 g/mol. The predicted octanol–water partition coefficient (Wildman–Crippen LogP) is 6.34. The first-order valence-electron chi connectivity index (χ1n) is 20.5. The average Bonchev–Trinajstić information content (AvgIpc) is 4.09. The number of sulfone groups is 2. The molecule has 2 atom stereocenters. The van der Waals surface area contributed by atoms with Crippen molar-refractivity contribution in [3.63, 3.8) is 0 Å². The van der Waals surface area contributed by atoms with Crippen molar-refractivity contribution in [1.82, 2.24) is 15.5 Å². The Bertz CT molecular complexity index is 1900. The van der Waals surface area contributed by atoms with Crippen LogP contribution in [0.4, 0.5) is 13.6 Å². The summed E-state index contributed by atoms with van der Waals surface area (Å²) in [6.07, 6.45) is 8.56. The highest BCUT2D eigenvalue weighted by Gasteiger charge is 2.27. The number of carbonyl (C=O) groups excluding carboxylic acids is 3.